The van der Waals surface area contributed by atoms with Gasteiger partial charge < -0.3 is 4.74 Å². The van der Waals surface area contributed by atoms with Gasteiger partial charge >= 0.3 is 0 Å². The monoisotopic (exact) mass is 299 g/mol. The summed E-state index contributed by atoms with van der Waals surface area (Å²) >= 11 is 3.27. The highest BCUT2D eigenvalue weighted by atomic mass is 79.9. The van der Waals surface area contributed by atoms with E-state index in [1.54, 1.807) is 7.11 Å². The Morgan fingerprint density at radius 3 is 2.53 bits per heavy atom. The van der Waals surface area contributed by atoms with E-state index in [4.69, 9.17) is 4.74 Å². The highest BCUT2D eigenvalue weighted by Gasteiger charge is 2.30. The highest BCUT2D eigenvalue weighted by Crippen LogP contribution is 2.24. The molecule has 1 unspecified atom stereocenters. The molecule has 1 aliphatic rings. The lowest BCUT2D eigenvalue weighted by molar-refractivity contribution is 0.181. The van der Waals surface area contributed by atoms with Gasteiger partial charge in [0.05, 0.1) is 17.9 Å². The molecule has 1 saturated carbocycles. The van der Waals surface area contributed by atoms with Crippen molar-refractivity contribution in [2.24, 2.45) is 0 Å². The average molecular weight is 300 g/mol. The molecule has 1 fully saturated rings. The summed E-state index contributed by atoms with van der Waals surface area (Å²) in [5.74, 6) is 0. The van der Waals surface area contributed by atoms with Crippen molar-refractivity contribution in [2.75, 3.05) is 19.0 Å². The van der Waals surface area contributed by atoms with Crippen LogP contribution in [-0.4, -0.2) is 38.8 Å². The van der Waals surface area contributed by atoms with Crippen LogP contribution in [-0.2, 0) is 14.8 Å². The molecule has 1 rings (SSSR count). The fraction of sp³-hybridized carbons (Fsp3) is 1.00. The third-order valence-electron chi connectivity index (χ3n) is 2.63. The number of methoxy groups -OCH3 is 1. The lowest BCUT2D eigenvalue weighted by atomic mass is 10.4. The number of sulfonamides is 1. The zero-order chi connectivity index (χ0) is 11.3. The predicted octanol–water partition coefficient (Wildman–Crippen LogP) is 1.26. The van der Waals surface area contributed by atoms with Crippen LogP contribution in [0.15, 0.2) is 0 Å². The molecule has 90 valence electrons. The Kier molecular flexibility index (Phi) is 5.52. The Bertz CT molecular complexity index is 275. The van der Waals surface area contributed by atoms with Crippen LogP contribution in [0.25, 0.3) is 0 Å². The fourth-order valence-electron chi connectivity index (χ4n) is 1.84. The molecule has 0 amide bonds. The van der Waals surface area contributed by atoms with Crippen molar-refractivity contribution in [1.82, 2.24) is 4.72 Å². The van der Waals surface area contributed by atoms with E-state index in [2.05, 4.69) is 20.7 Å². The van der Waals surface area contributed by atoms with E-state index in [-0.39, 0.29) is 11.3 Å². The number of rotatable bonds is 6. The minimum Gasteiger partial charge on any atom is -0.383 e. The molecule has 15 heavy (non-hydrogen) atoms. The average Bonchev–Trinajstić information content (AvgIpc) is 2.70. The second-order valence-electron chi connectivity index (χ2n) is 3.88. The molecule has 0 heterocycles. The van der Waals surface area contributed by atoms with E-state index < -0.39 is 10.0 Å². The van der Waals surface area contributed by atoms with Crippen molar-refractivity contribution in [2.45, 2.75) is 37.0 Å². The van der Waals surface area contributed by atoms with Crippen molar-refractivity contribution >= 4 is 26.0 Å². The van der Waals surface area contributed by atoms with Crippen LogP contribution in [0.1, 0.15) is 25.7 Å². The van der Waals surface area contributed by atoms with Gasteiger partial charge in [-0.3, -0.25) is 0 Å². The molecule has 4 nitrogen and oxygen atoms in total. The van der Waals surface area contributed by atoms with Crippen molar-refractivity contribution < 1.29 is 13.2 Å². The van der Waals surface area contributed by atoms with Gasteiger partial charge in [-0.2, -0.15) is 0 Å². The third kappa shape index (κ3) is 4.01. The Balaban J connectivity index is 2.53. The summed E-state index contributed by atoms with van der Waals surface area (Å²) in [5, 5.41) is 0.378. The summed E-state index contributed by atoms with van der Waals surface area (Å²) < 4.78 is 31.4. The first-order valence-corrected chi connectivity index (χ1v) is 7.83. The summed E-state index contributed by atoms with van der Waals surface area (Å²) in [5.41, 5.74) is 0. The molecule has 0 saturated heterocycles. The number of halogens is 1. The van der Waals surface area contributed by atoms with Gasteiger partial charge in [0.15, 0.2) is 0 Å². The standard InChI is InChI=1S/C9H18BrNO3S/c1-14-7-8(6-10)11-15(12,13)9-4-2-3-5-9/h8-9,11H,2-7H2,1H3. The quantitative estimate of drug-likeness (QED) is 0.751. The SMILES string of the molecule is COCC(CBr)NS(=O)(=O)C1CCCC1. The van der Waals surface area contributed by atoms with Crippen molar-refractivity contribution in [3.63, 3.8) is 0 Å². The van der Waals surface area contributed by atoms with Crippen molar-refractivity contribution in [1.29, 1.82) is 0 Å². The number of alkyl halides is 1. The van der Waals surface area contributed by atoms with Crippen molar-refractivity contribution in [3.05, 3.63) is 0 Å². The molecule has 0 radical (unpaired) electrons. The minimum atomic E-state index is -3.15. The van der Waals surface area contributed by atoms with E-state index in [0.29, 0.717) is 11.9 Å². The van der Waals surface area contributed by atoms with Gasteiger partial charge in [-0.15, -0.1) is 0 Å². The first-order chi connectivity index (χ1) is 7.10. The largest absolute Gasteiger partial charge is 0.383 e. The molecule has 1 atom stereocenters. The zero-order valence-corrected chi connectivity index (χ0v) is 11.3. The number of hydrogen-bond acceptors (Lipinski definition) is 3. The second-order valence-corrected chi connectivity index (χ2v) is 6.52. The van der Waals surface area contributed by atoms with Gasteiger partial charge in [0.1, 0.15) is 0 Å². The molecule has 1 N–H and O–H groups in total. The Labute approximate surface area is 99.9 Å². The molecule has 0 bridgehead atoms. The molecular weight excluding hydrogens is 282 g/mol. The number of nitrogens with one attached hydrogen (secondary N) is 1. The van der Waals surface area contributed by atoms with Gasteiger partial charge in [-0.25, -0.2) is 13.1 Å². The van der Waals surface area contributed by atoms with Crippen LogP contribution in [0.4, 0.5) is 0 Å². The fourth-order valence-corrected chi connectivity index (χ4v) is 4.16. The first-order valence-electron chi connectivity index (χ1n) is 5.16. The molecule has 0 aromatic heterocycles. The minimum absolute atomic E-state index is 0.166. The van der Waals surface area contributed by atoms with E-state index in [1.807, 2.05) is 0 Å². The molecule has 0 aromatic carbocycles. The second kappa shape index (κ2) is 6.18. The Morgan fingerprint density at radius 1 is 1.47 bits per heavy atom. The molecule has 0 aliphatic heterocycles. The highest BCUT2D eigenvalue weighted by molar-refractivity contribution is 9.09. The van der Waals surface area contributed by atoms with E-state index in [0.717, 1.165) is 25.7 Å². The normalized spacial score (nSPS) is 20.7. The summed E-state index contributed by atoms with van der Waals surface area (Å²) in [4.78, 5) is 0. The summed E-state index contributed by atoms with van der Waals surface area (Å²) in [7, 11) is -1.58. The summed E-state index contributed by atoms with van der Waals surface area (Å²) in [6.45, 7) is 0.400. The molecule has 0 aromatic rings. The maximum atomic E-state index is 11.9. The van der Waals surface area contributed by atoms with E-state index in [9.17, 15) is 8.42 Å². The predicted molar refractivity (Wildman–Crippen MR) is 63.8 cm³/mol. The van der Waals surface area contributed by atoms with E-state index in [1.165, 1.54) is 0 Å². The van der Waals surface area contributed by atoms with Gasteiger partial charge in [0.25, 0.3) is 0 Å². The number of ether oxygens (including phenoxy) is 1. The first kappa shape index (κ1) is 13.4. The number of hydrogen-bond donors (Lipinski definition) is 1. The van der Waals surface area contributed by atoms with Crippen LogP contribution in [0.5, 0.6) is 0 Å². The smallest absolute Gasteiger partial charge is 0.214 e. The Morgan fingerprint density at radius 2 is 2.07 bits per heavy atom. The van der Waals surface area contributed by atoms with Gasteiger partial charge in [-0.05, 0) is 12.8 Å². The lowest BCUT2D eigenvalue weighted by Crippen LogP contribution is -2.43. The van der Waals surface area contributed by atoms with Gasteiger partial charge in [-0.1, -0.05) is 28.8 Å². The van der Waals surface area contributed by atoms with Crippen molar-refractivity contribution in [3.8, 4) is 0 Å². The molecule has 6 heteroatoms. The summed E-state index contributed by atoms with van der Waals surface area (Å²) in [6.07, 6.45) is 3.62. The Hall–Kier alpha value is 0.350. The van der Waals surface area contributed by atoms with Crippen LogP contribution in [0.3, 0.4) is 0 Å². The van der Waals surface area contributed by atoms with E-state index >= 15 is 0 Å². The van der Waals surface area contributed by atoms with Crippen LogP contribution in [0, 0.1) is 0 Å². The third-order valence-corrected chi connectivity index (χ3v) is 5.42. The maximum Gasteiger partial charge on any atom is 0.214 e. The van der Waals surface area contributed by atoms with Crippen LogP contribution >= 0.6 is 15.9 Å². The lowest BCUT2D eigenvalue weighted by Gasteiger charge is -2.18. The zero-order valence-electron chi connectivity index (χ0n) is 8.91. The van der Waals surface area contributed by atoms with Gasteiger partial charge in [0.2, 0.25) is 10.0 Å². The maximum absolute atomic E-state index is 11.9. The van der Waals surface area contributed by atoms with Gasteiger partial charge in [0, 0.05) is 12.4 Å². The van der Waals surface area contributed by atoms with Crippen LogP contribution in [0.2, 0.25) is 0 Å². The molecule has 1 aliphatic carbocycles. The molecular formula is C9H18BrNO3S. The molecule has 0 spiro atoms. The summed E-state index contributed by atoms with van der Waals surface area (Å²) in [6, 6.07) is -0.166. The van der Waals surface area contributed by atoms with Crippen LogP contribution < -0.4 is 4.72 Å². The topological polar surface area (TPSA) is 55.4 Å².